The maximum atomic E-state index is 5.94. The number of thiol groups is 2. The minimum absolute atomic E-state index is 0.146. The van der Waals surface area contributed by atoms with Crippen molar-refractivity contribution in [2.45, 2.75) is 38.2 Å². The predicted molar refractivity (Wildman–Crippen MR) is 63.2 cm³/mol. The van der Waals surface area contributed by atoms with Crippen molar-refractivity contribution in [2.75, 3.05) is 0 Å². The molecule has 0 aromatic rings. The third-order valence-electron chi connectivity index (χ3n) is 2.46. The van der Waals surface area contributed by atoms with Gasteiger partial charge in [-0.15, -0.1) is 0 Å². The van der Waals surface area contributed by atoms with Crippen molar-refractivity contribution in [3.8, 4) is 0 Å². The van der Waals surface area contributed by atoms with Gasteiger partial charge in [0.15, 0.2) is 0 Å². The molecule has 1 aliphatic carbocycles. The third kappa shape index (κ3) is 2.98. The largest absolute Gasteiger partial charge is 0.398 e. The Morgan fingerprint density at radius 1 is 1.36 bits per heavy atom. The predicted octanol–water partition coefficient (Wildman–Crippen LogP) is 1.37. The fraction of sp³-hybridized carbons (Fsp3) is 0.750. The Kier molecular flexibility index (Phi) is 4.94. The van der Waals surface area contributed by atoms with Crippen molar-refractivity contribution in [3.05, 3.63) is 11.4 Å². The van der Waals surface area contributed by atoms with Crippen LogP contribution in [0.1, 0.15) is 32.1 Å². The van der Waals surface area contributed by atoms with E-state index in [-0.39, 0.29) is 6.10 Å². The van der Waals surface area contributed by atoms with Crippen LogP contribution in [0.25, 0.3) is 0 Å². The molecule has 4 nitrogen and oxygen atoms in total. The number of hydrazine groups is 1. The van der Waals surface area contributed by atoms with Gasteiger partial charge in [-0.3, -0.25) is 4.41 Å². The molecule has 1 atom stereocenters. The van der Waals surface area contributed by atoms with Crippen molar-refractivity contribution >= 4 is 25.7 Å². The summed E-state index contributed by atoms with van der Waals surface area (Å²) in [6.07, 6.45) is 4.94. The Morgan fingerprint density at radius 2 is 2.07 bits per heavy atom. The summed E-state index contributed by atoms with van der Waals surface area (Å²) in [4.78, 5) is 0. The molecule has 1 aliphatic rings. The maximum absolute atomic E-state index is 5.94. The molecule has 0 saturated carbocycles. The molecule has 0 saturated heterocycles. The van der Waals surface area contributed by atoms with E-state index in [9.17, 15) is 0 Å². The maximum Gasteiger partial charge on any atom is 0.113 e. The number of hydrogen-bond donors (Lipinski definition) is 4. The zero-order valence-corrected chi connectivity index (χ0v) is 9.81. The molecule has 0 fully saturated rings. The highest BCUT2D eigenvalue weighted by atomic mass is 32.1. The molecule has 0 amide bonds. The van der Waals surface area contributed by atoms with E-state index in [4.69, 9.17) is 15.8 Å². The number of rotatable bonds is 2. The Morgan fingerprint density at radius 3 is 2.64 bits per heavy atom. The molecule has 0 bridgehead atoms. The van der Waals surface area contributed by atoms with Crippen LogP contribution in [0.2, 0.25) is 0 Å². The smallest absolute Gasteiger partial charge is 0.113 e. The lowest BCUT2D eigenvalue weighted by Gasteiger charge is -2.24. The average Bonchev–Trinajstić information content (AvgIpc) is 2.12. The standard InChI is InChI=1S/C8H17N3OS2/c9-8-6(11(10)13)4-2-1-3-5-7(8)12-14/h7,13-14H,1-5,9-10H2/b8-6-. The Labute approximate surface area is 95.8 Å². The van der Waals surface area contributed by atoms with Crippen molar-refractivity contribution < 1.29 is 4.18 Å². The second-order valence-electron chi connectivity index (χ2n) is 3.44. The van der Waals surface area contributed by atoms with Crippen molar-refractivity contribution in [2.24, 2.45) is 11.6 Å². The summed E-state index contributed by atoms with van der Waals surface area (Å²) in [7, 11) is 0. The molecule has 0 heterocycles. The lowest BCUT2D eigenvalue weighted by Crippen LogP contribution is -2.30. The number of nitrogens with two attached hydrogens (primary N) is 2. The van der Waals surface area contributed by atoms with Gasteiger partial charge < -0.3 is 9.92 Å². The molecular weight excluding hydrogens is 218 g/mol. The Bertz CT molecular complexity index is 221. The minimum atomic E-state index is -0.146. The average molecular weight is 235 g/mol. The van der Waals surface area contributed by atoms with Crippen molar-refractivity contribution in [3.63, 3.8) is 0 Å². The van der Waals surface area contributed by atoms with Crippen LogP contribution < -0.4 is 11.6 Å². The van der Waals surface area contributed by atoms with Gasteiger partial charge in [0.1, 0.15) is 6.10 Å². The number of nitrogens with zero attached hydrogens (tertiary/aromatic N) is 1. The molecule has 82 valence electrons. The van der Waals surface area contributed by atoms with Crippen LogP contribution in [0.5, 0.6) is 0 Å². The van der Waals surface area contributed by atoms with Gasteiger partial charge in [0.25, 0.3) is 0 Å². The van der Waals surface area contributed by atoms with Crippen LogP contribution in [-0.4, -0.2) is 10.5 Å². The first-order chi connectivity index (χ1) is 6.66. The normalized spacial score (nSPS) is 29.5. The summed E-state index contributed by atoms with van der Waals surface area (Å²) in [6, 6.07) is 0. The first-order valence-corrected chi connectivity index (χ1v) is 5.45. The van der Waals surface area contributed by atoms with E-state index in [1.54, 1.807) is 0 Å². The van der Waals surface area contributed by atoms with Crippen LogP contribution in [-0.2, 0) is 4.18 Å². The van der Waals surface area contributed by atoms with Gasteiger partial charge in [-0.2, -0.15) is 0 Å². The lowest BCUT2D eigenvalue weighted by molar-refractivity contribution is 0.255. The summed E-state index contributed by atoms with van der Waals surface area (Å²) in [5.41, 5.74) is 7.43. The molecule has 14 heavy (non-hydrogen) atoms. The lowest BCUT2D eigenvalue weighted by atomic mass is 10.00. The van der Waals surface area contributed by atoms with Crippen LogP contribution in [0.4, 0.5) is 0 Å². The SMILES string of the molecule is N/C1=C(\N(N)S)CCCCCC1OS. The molecule has 0 spiro atoms. The van der Waals surface area contributed by atoms with Gasteiger partial charge in [0, 0.05) is 0 Å². The highest BCUT2D eigenvalue weighted by Gasteiger charge is 2.19. The van der Waals surface area contributed by atoms with Crippen LogP contribution >= 0.6 is 25.7 Å². The second-order valence-corrected chi connectivity index (χ2v) is 4.08. The zero-order valence-electron chi connectivity index (χ0n) is 8.02. The minimum Gasteiger partial charge on any atom is -0.398 e. The zero-order chi connectivity index (χ0) is 10.6. The van der Waals surface area contributed by atoms with Crippen LogP contribution in [0, 0.1) is 0 Å². The summed E-state index contributed by atoms with van der Waals surface area (Å²) >= 11 is 7.87. The molecular formula is C8H17N3OS2. The highest BCUT2D eigenvalue weighted by molar-refractivity contribution is 7.77. The molecule has 6 heteroatoms. The summed E-state index contributed by atoms with van der Waals surface area (Å²) in [5, 5.41) is 0. The second kappa shape index (κ2) is 5.75. The number of allylic oxidation sites excluding steroid dienone is 1. The highest BCUT2D eigenvalue weighted by Crippen LogP contribution is 2.24. The van der Waals surface area contributed by atoms with Gasteiger partial charge in [-0.05, 0) is 45.0 Å². The van der Waals surface area contributed by atoms with Crippen molar-refractivity contribution in [1.29, 1.82) is 0 Å². The summed E-state index contributed by atoms with van der Waals surface area (Å²) in [5.74, 6) is 5.57. The van der Waals surface area contributed by atoms with E-state index in [0.717, 1.165) is 37.8 Å². The quantitative estimate of drug-likeness (QED) is 0.253. The summed E-state index contributed by atoms with van der Waals surface area (Å²) in [6.45, 7) is 0. The van der Waals surface area contributed by atoms with Crippen LogP contribution in [0.3, 0.4) is 0 Å². The molecule has 0 aromatic carbocycles. The first kappa shape index (κ1) is 12.0. The van der Waals surface area contributed by atoms with Crippen molar-refractivity contribution in [1.82, 2.24) is 4.41 Å². The van der Waals surface area contributed by atoms with E-state index in [1.807, 2.05) is 0 Å². The Hall–Kier alpha value is -0.0400. The van der Waals surface area contributed by atoms with Crippen LogP contribution in [0.15, 0.2) is 11.4 Å². The van der Waals surface area contributed by atoms with Gasteiger partial charge in [-0.1, -0.05) is 12.8 Å². The molecule has 4 N–H and O–H groups in total. The summed E-state index contributed by atoms with van der Waals surface area (Å²) < 4.78 is 6.29. The van der Waals surface area contributed by atoms with E-state index in [2.05, 4.69) is 25.7 Å². The van der Waals surface area contributed by atoms with E-state index >= 15 is 0 Å². The monoisotopic (exact) mass is 235 g/mol. The van der Waals surface area contributed by atoms with Gasteiger partial charge in [0.05, 0.1) is 11.4 Å². The topological polar surface area (TPSA) is 64.5 Å². The van der Waals surface area contributed by atoms with E-state index in [0.29, 0.717) is 5.70 Å². The molecule has 0 aliphatic heterocycles. The molecule has 1 unspecified atom stereocenters. The van der Waals surface area contributed by atoms with Gasteiger partial charge in [0.2, 0.25) is 0 Å². The molecule has 1 rings (SSSR count). The van der Waals surface area contributed by atoms with Gasteiger partial charge in [-0.25, -0.2) is 5.84 Å². The first-order valence-electron chi connectivity index (χ1n) is 4.69. The van der Waals surface area contributed by atoms with E-state index < -0.39 is 0 Å². The molecule has 0 radical (unpaired) electrons. The number of hydrogen-bond acceptors (Lipinski definition) is 6. The fourth-order valence-electron chi connectivity index (χ4n) is 1.64. The fourth-order valence-corrected chi connectivity index (χ4v) is 2.08. The van der Waals surface area contributed by atoms with E-state index in [1.165, 1.54) is 4.41 Å². The molecule has 0 aromatic heterocycles. The Balaban J connectivity index is 2.85. The van der Waals surface area contributed by atoms with Gasteiger partial charge >= 0.3 is 0 Å². The third-order valence-corrected chi connectivity index (χ3v) is 2.96.